The molecule has 0 atom stereocenters. The van der Waals surface area contributed by atoms with Gasteiger partial charge in [-0.1, -0.05) is 194 Å². The fraction of sp³-hybridized carbons (Fsp3) is 0. The largest absolute Gasteiger partial charge is 0.456 e. The summed E-state index contributed by atoms with van der Waals surface area (Å²) in [6.07, 6.45) is 0. The predicted octanol–water partition coefficient (Wildman–Crippen LogP) is 18.4. The Morgan fingerprint density at radius 1 is 0.267 bits per heavy atom. The summed E-state index contributed by atoms with van der Waals surface area (Å²) in [5, 5.41) is 6.47. The van der Waals surface area contributed by atoms with Crippen LogP contribution < -0.4 is 0 Å². The van der Waals surface area contributed by atoms with Gasteiger partial charge in [-0.25, -0.2) is 15.0 Å². The summed E-state index contributed by atoms with van der Waals surface area (Å²) in [4.78, 5) is 15.8. The highest BCUT2D eigenvalue weighted by atomic mass is 16.3. The molecule has 0 spiro atoms. The highest BCUT2D eigenvalue weighted by Crippen LogP contribution is 2.46. The summed E-state index contributed by atoms with van der Waals surface area (Å²) in [7, 11) is 0. The Morgan fingerprint density at radius 3 is 1.53 bits per heavy atom. The Balaban J connectivity index is 0.972. The van der Waals surface area contributed by atoms with E-state index >= 15 is 0 Å². The van der Waals surface area contributed by atoms with Gasteiger partial charge in [0.25, 0.3) is 0 Å². The van der Waals surface area contributed by atoms with Crippen LogP contribution in [0.15, 0.2) is 264 Å². The molecule has 4 heterocycles. The number of hydrogen-bond acceptors (Lipinski definition) is 5. The van der Waals surface area contributed by atoms with Crippen molar-refractivity contribution in [1.29, 1.82) is 0 Å². The maximum atomic E-state index is 6.69. The number of fused-ring (bicyclic) bond motifs is 9. The van der Waals surface area contributed by atoms with Gasteiger partial charge in [-0.3, -0.25) is 0 Å². The molecule has 0 saturated carbocycles. The van der Waals surface area contributed by atoms with Crippen molar-refractivity contribution in [2.45, 2.75) is 0 Å². The van der Waals surface area contributed by atoms with Crippen LogP contribution in [0.2, 0.25) is 0 Å². The van der Waals surface area contributed by atoms with Gasteiger partial charge >= 0.3 is 0 Å². The van der Waals surface area contributed by atoms with Gasteiger partial charge in [0.1, 0.15) is 22.3 Å². The second-order valence-electron chi connectivity index (χ2n) is 19.1. The summed E-state index contributed by atoms with van der Waals surface area (Å²) in [5.41, 5.74) is 17.8. The van der Waals surface area contributed by atoms with Gasteiger partial charge in [0, 0.05) is 66.2 Å². The number of rotatable bonds is 8. The Hall–Kier alpha value is -10.2. The number of benzene rings is 11. The fourth-order valence-electron chi connectivity index (χ4n) is 11.1. The minimum absolute atomic E-state index is 0.561. The summed E-state index contributed by atoms with van der Waals surface area (Å²) < 4.78 is 15.8. The Labute approximate surface area is 431 Å². The molecule has 0 N–H and O–H groups in total. The van der Waals surface area contributed by atoms with E-state index in [1.54, 1.807) is 0 Å². The zero-order valence-electron chi connectivity index (χ0n) is 40.4. The summed E-state index contributed by atoms with van der Waals surface area (Å²) in [6, 6.07) is 89.4. The van der Waals surface area contributed by atoms with Crippen molar-refractivity contribution in [1.82, 2.24) is 19.5 Å². The van der Waals surface area contributed by atoms with Crippen LogP contribution in [0.3, 0.4) is 0 Å². The summed E-state index contributed by atoms with van der Waals surface area (Å²) in [6.45, 7) is 0. The lowest BCUT2D eigenvalue weighted by molar-refractivity contribution is 0.668. The van der Waals surface area contributed by atoms with Crippen LogP contribution >= 0.6 is 0 Å². The molecule has 0 radical (unpaired) electrons. The molecule has 0 saturated heterocycles. The Bertz CT molecular complexity index is 4690. The van der Waals surface area contributed by atoms with Gasteiger partial charge in [0.15, 0.2) is 17.5 Å². The van der Waals surface area contributed by atoms with Crippen molar-refractivity contribution >= 4 is 65.7 Å². The molecule has 11 aromatic carbocycles. The highest BCUT2D eigenvalue weighted by Gasteiger charge is 2.24. The molecule has 0 bridgehead atoms. The first-order chi connectivity index (χ1) is 37.2. The van der Waals surface area contributed by atoms with E-state index in [0.29, 0.717) is 17.5 Å². The molecule has 0 amide bonds. The van der Waals surface area contributed by atoms with Crippen LogP contribution in [0.25, 0.3) is 150 Å². The number of aromatic nitrogens is 4. The molecule has 0 fully saturated rings. The van der Waals surface area contributed by atoms with E-state index in [9.17, 15) is 0 Å². The van der Waals surface area contributed by atoms with Crippen molar-refractivity contribution in [3.05, 3.63) is 255 Å². The van der Waals surface area contributed by atoms with Crippen molar-refractivity contribution < 1.29 is 8.83 Å². The van der Waals surface area contributed by atoms with Gasteiger partial charge in [-0.2, -0.15) is 0 Å². The molecular weight excluding hydrogens is 917 g/mol. The third-order valence-electron chi connectivity index (χ3n) is 14.7. The van der Waals surface area contributed by atoms with Crippen LogP contribution in [0.5, 0.6) is 0 Å². The molecular formula is C69H42N4O2. The van der Waals surface area contributed by atoms with Crippen LogP contribution in [-0.4, -0.2) is 19.5 Å². The normalized spacial score (nSPS) is 11.7. The minimum Gasteiger partial charge on any atom is -0.456 e. The smallest absolute Gasteiger partial charge is 0.164 e. The van der Waals surface area contributed by atoms with Crippen LogP contribution in [-0.2, 0) is 0 Å². The van der Waals surface area contributed by atoms with Crippen LogP contribution in [0, 0.1) is 0 Å². The topological polar surface area (TPSA) is 69.9 Å². The van der Waals surface area contributed by atoms with Crippen molar-refractivity contribution in [2.24, 2.45) is 0 Å². The molecule has 0 aliphatic rings. The average molecular weight is 959 g/mol. The lowest BCUT2D eigenvalue weighted by atomic mass is 9.91. The fourth-order valence-corrected chi connectivity index (χ4v) is 11.1. The monoisotopic (exact) mass is 958 g/mol. The molecule has 15 rings (SSSR count). The molecule has 4 aromatic heterocycles. The highest BCUT2D eigenvalue weighted by molar-refractivity contribution is 6.17. The van der Waals surface area contributed by atoms with E-state index in [0.717, 1.165) is 111 Å². The maximum Gasteiger partial charge on any atom is 0.164 e. The van der Waals surface area contributed by atoms with Gasteiger partial charge < -0.3 is 13.4 Å². The standard InChI is InChI=1S/C69H42N4O2/c1-4-17-43(18-5-1)45-31-33-47(34-32-45)68-70-67(46-21-8-3-9-22-46)71-69(72-68)54-36-38-63-66(53-27-12-15-30-62(53)74-63)65(54)50-24-16-23-49(39-50)55-41-57-52-26-11-14-29-61(52)75-64(57)42-60(55)73-58-28-13-10-25-51(58)56-40-48(35-37-59(56)73)44-19-6-2-7-20-44/h1-42H. The summed E-state index contributed by atoms with van der Waals surface area (Å²) >= 11 is 0. The average Bonchev–Trinajstić information content (AvgIpc) is 4.21. The SMILES string of the molecule is c1ccc(-c2ccc(-c3nc(-c4ccccc4)nc(-c4ccc5oc6ccccc6c5c4-c4cccc(-c5cc6c(cc5-n5c7ccccc7c7cc(-c8ccccc8)ccc75)oc5ccccc56)c4)n3)cc2)cc1. The van der Waals surface area contributed by atoms with Crippen LogP contribution in [0.4, 0.5) is 0 Å². The lowest BCUT2D eigenvalue weighted by Gasteiger charge is -2.17. The second kappa shape index (κ2) is 17.3. The third-order valence-corrected chi connectivity index (χ3v) is 14.7. The molecule has 0 unspecified atom stereocenters. The zero-order chi connectivity index (χ0) is 49.4. The zero-order valence-corrected chi connectivity index (χ0v) is 40.4. The minimum atomic E-state index is 0.561. The Kier molecular flexibility index (Phi) is 9.78. The van der Waals surface area contributed by atoms with Gasteiger partial charge in [-0.15, -0.1) is 0 Å². The van der Waals surface area contributed by atoms with Gasteiger partial charge in [-0.05, 0) is 88.0 Å². The predicted molar refractivity (Wildman–Crippen MR) is 307 cm³/mol. The van der Waals surface area contributed by atoms with Crippen molar-refractivity contribution in [2.75, 3.05) is 0 Å². The molecule has 350 valence electrons. The quantitative estimate of drug-likeness (QED) is 0.152. The van der Waals surface area contributed by atoms with E-state index in [4.69, 9.17) is 23.8 Å². The third kappa shape index (κ3) is 7.14. The first-order valence-electron chi connectivity index (χ1n) is 25.2. The number of furan rings is 2. The van der Waals surface area contributed by atoms with E-state index in [-0.39, 0.29) is 0 Å². The molecule has 15 aromatic rings. The first-order valence-corrected chi connectivity index (χ1v) is 25.2. The van der Waals surface area contributed by atoms with E-state index in [2.05, 4.69) is 211 Å². The van der Waals surface area contributed by atoms with E-state index < -0.39 is 0 Å². The van der Waals surface area contributed by atoms with Gasteiger partial charge in [0.2, 0.25) is 0 Å². The lowest BCUT2D eigenvalue weighted by Crippen LogP contribution is -2.01. The molecule has 0 aliphatic carbocycles. The molecule has 75 heavy (non-hydrogen) atoms. The summed E-state index contributed by atoms with van der Waals surface area (Å²) in [5.74, 6) is 1.74. The van der Waals surface area contributed by atoms with Crippen molar-refractivity contribution in [3.63, 3.8) is 0 Å². The second-order valence-corrected chi connectivity index (χ2v) is 19.1. The molecule has 0 aliphatic heterocycles. The molecule has 6 nitrogen and oxygen atoms in total. The number of nitrogens with zero attached hydrogens (tertiary/aromatic N) is 4. The Morgan fingerprint density at radius 2 is 0.787 bits per heavy atom. The van der Waals surface area contributed by atoms with E-state index in [1.807, 2.05) is 48.5 Å². The van der Waals surface area contributed by atoms with Gasteiger partial charge in [0.05, 0.1) is 16.7 Å². The maximum absolute atomic E-state index is 6.69. The van der Waals surface area contributed by atoms with E-state index in [1.165, 1.54) is 21.9 Å². The number of hydrogen-bond donors (Lipinski definition) is 0. The number of para-hydroxylation sites is 3. The van der Waals surface area contributed by atoms with Crippen molar-refractivity contribution in [3.8, 4) is 84.4 Å². The van der Waals surface area contributed by atoms with Crippen LogP contribution in [0.1, 0.15) is 0 Å². The molecule has 6 heteroatoms. The first kappa shape index (κ1) is 42.5.